The summed E-state index contributed by atoms with van der Waals surface area (Å²) in [5.74, 6) is 0.608. The monoisotopic (exact) mass is 390 g/mol. The van der Waals surface area contributed by atoms with Crippen LogP contribution in [0, 0.1) is 12.8 Å². The molecule has 1 aromatic carbocycles. The summed E-state index contributed by atoms with van der Waals surface area (Å²) in [5, 5.41) is 4.48. The summed E-state index contributed by atoms with van der Waals surface area (Å²) in [6, 6.07) is 4.45. The summed E-state index contributed by atoms with van der Waals surface area (Å²) in [6.07, 6.45) is 0.869. The number of nitrogens with zero attached hydrogens (tertiary/aromatic N) is 2. The van der Waals surface area contributed by atoms with Gasteiger partial charge < -0.3 is 5.73 Å². The van der Waals surface area contributed by atoms with Gasteiger partial charge in [0.1, 0.15) is 10.7 Å². The lowest BCUT2D eigenvalue weighted by molar-refractivity contribution is 0.528. The number of rotatable bonds is 6. The zero-order valence-corrected chi connectivity index (χ0v) is 16.0. The molecule has 0 aliphatic heterocycles. The van der Waals surface area contributed by atoms with Gasteiger partial charge in [-0.15, -0.1) is 0 Å². The minimum atomic E-state index is -3.75. The van der Waals surface area contributed by atoms with E-state index in [0.29, 0.717) is 23.7 Å². The molecular formula is C15H20Cl2N4O2S. The Morgan fingerprint density at radius 1 is 1.29 bits per heavy atom. The highest BCUT2D eigenvalue weighted by Gasteiger charge is 2.22. The van der Waals surface area contributed by atoms with Crippen LogP contribution in [0.1, 0.15) is 26.0 Å². The Morgan fingerprint density at radius 3 is 2.50 bits per heavy atom. The molecule has 1 aromatic heterocycles. The van der Waals surface area contributed by atoms with Gasteiger partial charge in [-0.2, -0.15) is 5.10 Å². The normalized spacial score (nSPS) is 13.2. The predicted octanol–water partition coefficient (Wildman–Crippen LogP) is 3.39. The van der Waals surface area contributed by atoms with E-state index in [4.69, 9.17) is 28.9 Å². The van der Waals surface area contributed by atoms with Crippen molar-refractivity contribution in [2.24, 2.45) is 5.92 Å². The Bertz CT molecular complexity index is 849. The number of anilines is 1. The van der Waals surface area contributed by atoms with Gasteiger partial charge in [0.15, 0.2) is 0 Å². The van der Waals surface area contributed by atoms with Crippen molar-refractivity contribution in [1.82, 2.24) is 14.5 Å². The van der Waals surface area contributed by atoms with Gasteiger partial charge in [-0.1, -0.05) is 43.5 Å². The second kappa shape index (κ2) is 7.31. The lowest BCUT2D eigenvalue weighted by Crippen LogP contribution is -2.28. The molecule has 1 unspecified atom stereocenters. The number of sulfonamides is 1. The molecule has 0 aliphatic rings. The van der Waals surface area contributed by atoms with Crippen LogP contribution in [0.25, 0.3) is 5.69 Å². The molecule has 2 aromatic rings. The predicted molar refractivity (Wildman–Crippen MR) is 97.4 cm³/mol. The zero-order valence-electron chi connectivity index (χ0n) is 13.7. The van der Waals surface area contributed by atoms with Crippen LogP contribution < -0.4 is 10.5 Å². The number of aromatic nitrogens is 2. The van der Waals surface area contributed by atoms with E-state index >= 15 is 0 Å². The molecule has 2 rings (SSSR count). The second-order valence-electron chi connectivity index (χ2n) is 5.72. The summed E-state index contributed by atoms with van der Waals surface area (Å²) < 4.78 is 28.9. The average molecular weight is 391 g/mol. The van der Waals surface area contributed by atoms with Crippen LogP contribution in [-0.4, -0.2) is 24.7 Å². The van der Waals surface area contributed by atoms with Crippen molar-refractivity contribution in [2.45, 2.75) is 32.1 Å². The lowest BCUT2D eigenvalue weighted by Gasteiger charge is -2.14. The van der Waals surface area contributed by atoms with Crippen LogP contribution in [0.15, 0.2) is 23.1 Å². The molecule has 132 valence electrons. The van der Waals surface area contributed by atoms with Crippen molar-refractivity contribution in [3.8, 4) is 5.69 Å². The van der Waals surface area contributed by atoms with Gasteiger partial charge in [0, 0.05) is 12.6 Å². The van der Waals surface area contributed by atoms with E-state index in [1.54, 1.807) is 13.0 Å². The molecule has 0 saturated heterocycles. The van der Waals surface area contributed by atoms with E-state index in [-0.39, 0.29) is 20.9 Å². The molecule has 0 radical (unpaired) electrons. The van der Waals surface area contributed by atoms with E-state index in [9.17, 15) is 8.42 Å². The van der Waals surface area contributed by atoms with Crippen molar-refractivity contribution < 1.29 is 8.42 Å². The SMILES string of the molecule is CCC(C)CNS(=O)(=O)c1cc(Cl)c(-n2nc(C)cc2N)cc1Cl. The fourth-order valence-corrected chi connectivity index (χ4v) is 4.09. The van der Waals surface area contributed by atoms with E-state index in [1.807, 2.05) is 13.8 Å². The molecule has 24 heavy (non-hydrogen) atoms. The molecule has 3 N–H and O–H groups in total. The third kappa shape index (κ3) is 4.03. The Balaban J connectivity index is 2.41. The molecule has 0 aliphatic carbocycles. The number of benzene rings is 1. The smallest absolute Gasteiger partial charge is 0.242 e. The van der Waals surface area contributed by atoms with Gasteiger partial charge in [0.25, 0.3) is 0 Å². The molecule has 0 spiro atoms. The maximum absolute atomic E-state index is 12.4. The number of aryl methyl sites for hydroxylation is 1. The van der Waals surface area contributed by atoms with Gasteiger partial charge in [-0.05, 0) is 25.0 Å². The lowest BCUT2D eigenvalue weighted by atomic mass is 10.1. The second-order valence-corrected chi connectivity index (χ2v) is 8.27. The zero-order chi connectivity index (χ0) is 18.1. The first-order valence-electron chi connectivity index (χ1n) is 7.47. The van der Waals surface area contributed by atoms with Gasteiger partial charge in [-0.25, -0.2) is 17.8 Å². The molecule has 1 heterocycles. The first-order valence-corrected chi connectivity index (χ1v) is 9.70. The number of nitrogens with one attached hydrogen (secondary N) is 1. The van der Waals surface area contributed by atoms with E-state index in [2.05, 4.69) is 9.82 Å². The van der Waals surface area contributed by atoms with E-state index in [1.165, 1.54) is 16.8 Å². The fourth-order valence-electron chi connectivity index (χ4n) is 2.07. The topological polar surface area (TPSA) is 90.0 Å². The number of nitrogen functional groups attached to an aromatic ring is 1. The van der Waals surface area contributed by atoms with Crippen LogP contribution in [0.2, 0.25) is 10.0 Å². The molecule has 6 nitrogen and oxygen atoms in total. The van der Waals surface area contributed by atoms with Crippen LogP contribution >= 0.6 is 23.2 Å². The first kappa shape index (κ1) is 19.1. The molecular weight excluding hydrogens is 371 g/mol. The Morgan fingerprint density at radius 2 is 1.96 bits per heavy atom. The largest absolute Gasteiger partial charge is 0.384 e. The van der Waals surface area contributed by atoms with Crippen LogP contribution in [-0.2, 0) is 10.0 Å². The first-order chi connectivity index (χ1) is 11.2. The molecule has 0 amide bonds. The third-order valence-corrected chi connectivity index (χ3v) is 5.89. The van der Waals surface area contributed by atoms with E-state index in [0.717, 1.165) is 6.42 Å². The molecule has 9 heteroatoms. The van der Waals surface area contributed by atoms with Crippen molar-refractivity contribution in [2.75, 3.05) is 12.3 Å². The van der Waals surface area contributed by atoms with Crippen LogP contribution in [0.5, 0.6) is 0 Å². The van der Waals surface area contributed by atoms with Crippen LogP contribution in [0.4, 0.5) is 5.82 Å². The minimum Gasteiger partial charge on any atom is -0.384 e. The molecule has 0 saturated carbocycles. The van der Waals surface area contributed by atoms with Crippen molar-refractivity contribution in [3.05, 3.63) is 33.9 Å². The van der Waals surface area contributed by atoms with E-state index < -0.39 is 10.0 Å². The van der Waals surface area contributed by atoms with Crippen molar-refractivity contribution in [1.29, 1.82) is 0 Å². The Hall–Kier alpha value is -1.28. The number of hydrogen-bond donors (Lipinski definition) is 2. The molecule has 0 bridgehead atoms. The Labute approximate surface area is 152 Å². The summed E-state index contributed by atoms with van der Waals surface area (Å²) in [5.41, 5.74) is 7.02. The maximum atomic E-state index is 12.4. The number of nitrogens with two attached hydrogens (primary N) is 1. The number of hydrogen-bond acceptors (Lipinski definition) is 4. The third-order valence-electron chi connectivity index (χ3n) is 3.70. The highest BCUT2D eigenvalue weighted by molar-refractivity contribution is 7.89. The van der Waals surface area contributed by atoms with Gasteiger partial charge in [0.2, 0.25) is 10.0 Å². The highest BCUT2D eigenvalue weighted by atomic mass is 35.5. The molecule has 0 fully saturated rings. The maximum Gasteiger partial charge on any atom is 0.242 e. The fraction of sp³-hybridized carbons (Fsp3) is 0.400. The van der Waals surface area contributed by atoms with Crippen molar-refractivity contribution in [3.63, 3.8) is 0 Å². The minimum absolute atomic E-state index is 0.0543. The van der Waals surface area contributed by atoms with Crippen LogP contribution in [0.3, 0.4) is 0 Å². The summed E-state index contributed by atoms with van der Waals surface area (Å²) >= 11 is 12.4. The van der Waals surface area contributed by atoms with Gasteiger partial charge >= 0.3 is 0 Å². The summed E-state index contributed by atoms with van der Waals surface area (Å²) in [7, 11) is -3.75. The van der Waals surface area contributed by atoms with Gasteiger partial charge in [-0.3, -0.25) is 0 Å². The highest BCUT2D eigenvalue weighted by Crippen LogP contribution is 2.32. The Kier molecular flexibility index (Phi) is 5.80. The average Bonchev–Trinajstić information content (AvgIpc) is 2.85. The summed E-state index contributed by atoms with van der Waals surface area (Å²) in [6.45, 7) is 6.08. The molecule has 1 atom stereocenters. The quantitative estimate of drug-likeness (QED) is 0.790. The van der Waals surface area contributed by atoms with Gasteiger partial charge in [0.05, 0.1) is 21.4 Å². The summed E-state index contributed by atoms with van der Waals surface area (Å²) in [4.78, 5) is -0.0660. The number of halogens is 2. The van der Waals surface area contributed by atoms with Crippen molar-refractivity contribution >= 4 is 39.0 Å². The standard InChI is InChI=1S/C15H20Cl2N4O2S/c1-4-9(2)8-19-24(22,23)14-7-11(16)13(6-12(14)17)21-15(18)5-10(3)20-21/h5-7,9,19H,4,8,18H2,1-3H3.